The van der Waals surface area contributed by atoms with E-state index in [-0.39, 0.29) is 5.41 Å². The van der Waals surface area contributed by atoms with Crippen LogP contribution in [0.3, 0.4) is 0 Å². The lowest BCUT2D eigenvalue weighted by molar-refractivity contribution is 0.0943. The van der Waals surface area contributed by atoms with E-state index in [4.69, 9.17) is 20.2 Å². The lowest BCUT2D eigenvalue weighted by atomic mass is 9.84. The van der Waals surface area contributed by atoms with Crippen LogP contribution < -0.4 is 15.4 Å². The first-order chi connectivity index (χ1) is 7.56. The Hall–Kier alpha value is -1.26. The van der Waals surface area contributed by atoms with E-state index in [0.29, 0.717) is 6.61 Å². The van der Waals surface area contributed by atoms with Gasteiger partial charge in [-0.05, 0) is 12.1 Å². The predicted octanol–water partition coefficient (Wildman–Crippen LogP) is 1.87. The van der Waals surface area contributed by atoms with Crippen LogP contribution in [0.1, 0.15) is 19.4 Å². The van der Waals surface area contributed by atoms with Crippen molar-refractivity contribution in [2.24, 2.45) is 5.90 Å². The fourth-order valence-corrected chi connectivity index (χ4v) is 1.80. The second-order valence-corrected chi connectivity index (χ2v) is 4.23. The van der Waals surface area contributed by atoms with E-state index >= 15 is 0 Å². The van der Waals surface area contributed by atoms with Gasteiger partial charge < -0.3 is 14.3 Å². The van der Waals surface area contributed by atoms with Crippen molar-refractivity contribution in [3.63, 3.8) is 0 Å². The normalized spacial score (nSPS) is 11.3. The molecule has 0 atom stereocenters. The molecule has 0 amide bonds. The fourth-order valence-electron chi connectivity index (χ4n) is 1.80. The van der Waals surface area contributed by atoms with Crippen molar-refractivity contribution >= 4 is 0 Å². The molecule has 0 aromatic heterocycles. The van der Waals surface area contributed by atoms with Crippen molar-refractivity contribution in [1.29, 1.82) is 0 Å². The molecule has 4 heteroatoms. The molecule has 2 N–H and O–H groups in total. The number of ether oxygens (including phenoxy) is 2. The summed E-state index contributed by atoms with van der Waals surface area (Å²) in [6.45, 7) is 4.45. The Kier molecular flexibility index (Phi) is 4.15. The molecule has 16 heavy (non-hydrogen) atoms. The highest BCUT2D eigenvalue weighted by molar-refractivity contribution is 5.49. The monoisotopic (exact) mass is 225 g/mol. The van der Waals surface area contributed by atoms with Crippen LogP contribution in [0.2, 0.25) is 0 Å². The van der Waals surface area contributed by atoms with Gasteiger partial charge in [0.15, 0.2) is 0 Å². The van der Waals surface area contributed by atoms with Gasteiger partial charge in [-0.2, -0.15) is 0 Å². The van der Waals surface area contributed by atoms with Gasteiger partial charge in [-0.15, -0.1) is 0 Å². The van der Waals surface area contributed by atoms with E-state index in [2.05, 4.69) is 0 Å². The Morgan fingerprint density at radius 1 is 1.12 bits per heavy atom. The molecule has 0 aliphatic carbocycles. The van der Waals surface area contributed by atoms with Crippen LogP contribution >= 0.6 is 0 Å². The third-order valence-corrected chi connectivity index (χ3v) is 2.55. The van der Waals surface area contributed by atoms with Gasteiger partial charge in [0.1, 0.15) is 11.5 Å². The smallest absolute Gasteiger partial charge is 0.126 e. The van der Waals surface area contributed by atoms with E-state index in [1.165, 1.54) is 0 Å². The SMILES string of the molecule is COc1cccc(OC)c1C(C)(C)CON. The van der Waals surface area contributed by atoms with Crippen molar-refractivity contribution in [2.45, 2.75) is 19.3 Å². The van der Waals surface area contributed by atoms with E-state index in [1.54, 1.807) is 14.2 Å². The number of hydrogen-bond donors (Lipinski definition) is 1. The fraction of sp³-hybridized carbons (Fsp3) is 0.500. The molecule has 90 valence electrons. The quantitative estimate of drug-likeness (QED) is 0.777. The van der Waals surface area contributed by atoms with Crippen LogP contribution in [0.5, 0.6) is 11.5 Å². The van der Waals surface area contributed by atoms with Crippen LogP contribution in [0.15, 0.2) is 18.2 Å². The van der Waals surface area contributed by atoms with E-state index in [9.17, 15) is 0 Å². The lowest BCUT2D eigenvalue weighted by Gasteiger charge is -2.27. The van der Waals surface area contributed by atoms with Gasteiger partial charge in [0, 0.05) is 11.0 Å². The first-order valence-corrected chi connectivity index (χ1v) is 5.10. The molecule has 0 aliphatic heterocycles. The van der Waals surface area contributed by atoms with Gasteiger partial charge in [0.25, 0.3) is 0 Å². The topological polar surface area (TPSA) is 53.7 Å². The minimum Gasteiger partial charge on any atom is -0.496 e. The molecule has 0 radical (unpaired) electrons. The zero-order chi connectivity index (χ0) is 12.2. The highest BCUT2D eigenvalue weighted by Crippen LogP contribution is 2.38. The molecule has 0 fully saturated rings. The van der Waals surface area contributed by atoms with Gasteiger partial charge in [-0.25, -0.2) is 5.90 Å². The molecule has 1 aromatic rings. The summed E-state index contributed by atoms with van der Waals surface area (Å²) in [4.78, 5) is 4.75. The van der Waals surface area contributed by atoms with Crippen molar-refractivity contribution < 1.29 is 14.3 Å². The van der Waals surface area contributed by atoms with Crippen molar-refractivity contribution in [1.82, 2.24) is 0 Å². The Morgan fingerprint density at radius 2 is 1.62 bits per heavy atom. The second-order valence-electron chi connectivity index (χ2n) is 4.23. The summed E-state index contributed by atoms with van der Waals surface area (Å²) in [5.74, 6) is 6.71. The van der Waals surface area contributed by atoms with E-state index in [1.807, 2.05) is 32.0 Å². The summed E-state index contributed by atoms with van der Waals surface area (Å²) < 4.78 is 10.7. The summed E-state index contributed by atoms with van der Waals surface area (Å²) >= 11 is 0. The van der Waals surface area contributed by atoms with Crippen LogP contribution in [-0.2, 0) is 10.3 Å². The maximum absolute atomic E-state index is 5.34. The largest absolute Gasteiger partial charge is 0.496 e. The van der Waals surface area contributed by atoms with Crippen LogP contribution in [0.4, 0.5) is 0 Å². The highest BCUT2D eigenvalue weighted by Gasteiger charge is 2.28. The highest BCUT2D eigenvalue weighted by atomic mass is 16.6. The second kappa shape index (κ2) is 5.18. The first-order valence-electron chi connectivity index (χ1n) is 5.10. The molecule has 0 unspecified atom stereocenters. The van der Waals surface area contributed by atoms with E-state index in [0.717, 1.165) is 17.1 Å². The van der Waals surface area contributed by atoms with Gasteiger partial charge >= 0.3 is 0 Å². The van der Waals surface area contributed by atoms with Crippen LogP contribution in [0.25, 0.3) is 0 Å². The summed E-state index contributed by atoms with van der Waals surface area (Å²) in [5, 5.41) is 0. The number of rotatable bonds is 5. The van der Waals surface area contributed by atoms with Crippen molar-refractivity contribution in [2.75, 3.05) is 20.8 Å². The summed E-state index contributed by atoms with van der Waals surface area (Å²) in [6.07, 6.45) is 0. The van der Waals surface area contributed by atoms with E-state index < -0.39 is 0 Å². The average Bonchev–Trinajstić information content (AvgIpc) is 2.27. The third kappa shape index (κ3) is 2.46. The maximum atomic E-state index is 5.34. The molecule has 1 rings (SSSR count). The molecule has 1 aromatic carbocycles. The van der Waals surface area contributed by atoms with Crippen molar-refractivity contribution in [3.05, 3.63) is 23.8 Å². The molecular weight excluding hydrogens is 206 g/mol. The predicted molar refractivity (Wildman–Crippen MR) is 62.7 cm³/mol. The first kappa shape index (κ1) is 12.8. The van der Waals surface area contributed by atoms with Crippen molar-refractivity contribution in [3.8, 4) is 11.5 Å². The van der Waals surface area contributed by atoms with Gasteiger partial charge in [-0.1, -0.05) is 19.9 Å². The Bertz CT molecular complexity index is 328. The number of hydrogen-bond acceptors (Lipinski definition) is 4. The Balaban J connectivity index is 3.27. The molecular formula is C12H19NO3. The number of nitrogens with two attached hydrogens (primary N) is 1. The number of benzene rings is 1. The zero-order valence-corrected chi connectivity index (χ0v) is 10.2. The molecule has 0 heterocycles. The van der Waals surface area contributed by atoms with Crippen LogP contribution in [-0.4, -0.2) is 20.8 Å². The molecule has 0 bridgehead atoms. The minimum atomic E-state index is -0.271. The molecule has 0 aliphatic rings. The molecule has 0 spiro atoms. The van der Waals surface area contributed by atoms with Gasteiger partial charge in [0.05, 0.1) is 20.8 Å². The average molecular weight is 225 g/mol. The Morgan fingerprint density at radius 3 is 2.00 bits per heavy atom. The summed E-state index contributed by atoms with van der Waals surface area (Å²) in [6, 6.07) is 5.69. The summed E-state index contributed by atoms with van der Waals surface area (Å²) in [5.41, 5.74) is 0.692. The third-order valence-electron chi connectivity index (χ3n) is 2.55. The molecule has 4 nitrogen and oxygen atoms in total. The maximum Gasteiger partial charge on any atom is 0.126 e. The Labute approximate surface area is 96.3 Å². The van der Waals surface area contributed by atoms with Crippen LogP contribution in [0, 0.1) is 0 Å². The number of methoxy groups -OCH3 is 2. The molecule has 0 saturated carbocycles. The zero-order valence-electron chi connectivity index (χ0n) is 10.2. The van der Waals surface area contributed by atoms with Gasteiger partial charge in [0.2, 0.25) is 0 Å². The van der Waals surface area contributed by atoms with Gasteiger partial charge in [-0.3, -0.25) is 0 Å². The standard InChI is InChI=1S/C12H19NO3/c1-12(2,8-16-13)11-9(14-3)6-5-7-10(11)15-4/h5-7H,8,13H2,1-4H3. The summed E-state index contributed by atoms with van der Waals surface area (Å²) in [7, 11) is 3.27. The minimum absolute atomic E-state index is 0.271. The lowest BCUT2D eigenvalue weighted by Crippen LogP contribution is -2.27. The molecule has 0 saturated heterocycles.